The van der Waals surface area contributed by atoms with Crippen molar-refractivity contribution in [2.45, 2.75) is 57.3 Å². The predicted molar refractivity (Wildman–Crippen MR) is 96.4 cm³/mol. The van der Waals surface area contributed by atoms with Gasteiger partial charge in [-0.25, -0.2) is 4.79 Å². The van der Waals surface area contributed by atoms with Crippen molar-refractivity contribution in [1.29, 1.82) is 0 Å². The Morgan fingerprint density at radius 1 is 1.26 bits per heavy atom. The highest BCUT2D eigenvalue weighted by Crippen LogP contribution is 2.47. The highest BCUT2D eigenvalue weighted by molar-refractivity contribution is 9.10. The zero-order chi connectivity index (χ0) is 16.4. The highest BCUT2D eigenvalue weighted by Gasteiger charge is 2.35. The van der Waals surface area contributed by atoms with E-state index < -0.39 is 0 Å². The van der Waals surface area contributed by atoms with Crippen molar-refractivity contribution in [1.82, 2.24) is 0 Å². The fourth-order valence-corrected chi connectivity index (χ4v) is 4.20. The summed E-state index contributed by atoms with van der Waals surface area (Å²) in [7, 11) is 1.67. The Bertz CT molecular complexity index is 757. The topological polar surface area (TPSA) is 39.4 Å². The monoisotopic (exact) mass is 378 g/mol. The molecule has 1 aliphatic carbocycles. The van der Waals surface area contributed by atoms with Gasteiger partial charge in [0.1, 0.15) is 15.8 Å². The first kappa shape index (κ1) is 16.6. The first-order valence-corrected chi connectivity index (χ1v) is 9.21. The van der Waals surface area contributed by atoms with E-state index >= 15 is 0 Å². The van der Waals surface area contributed by atoms with E-state index in [-0.39, 0.29) is 11.0 Å². The maximum atomic E-state index is 11.9. The van der Waals surface area contributed by atoms with Crippen molar-refractivity contribution >= 4 is 26.9 Å². The number of methoxy groups -OCH3 is 1. The number of fused-ring (bicyclic) bond motifs is 1. The van der Waals surface area contributed by atoms with E-state index in [1.165, 1.54) is 50.5 Å². The number of rotatable bonds is 5. The van der Waals surface area contributed by atoms with Gasteiger partial charge in [0.05, 0.1) is 12.5 Å². The SMILES string of the molecule is CCCCC1(c2cc(OC)c3cc(Br)c(=O)oc3c2)CCCC1. The zero-order valence-corrected chi connectivity index (χ0v) is 15.4. The summed E-state index contributed by atoms with van der Waals surface area (Å²) in [6.45, 7) is 2.24. The molecule has 23 heavy (non-hydrogen) atoms. The van der Waals surface area contributed by atoms with Crippen molar-refractivity contribution in [3.63, 3.8) is 0 Å². The molecular weight excluding hydrogens is 356 g/mol. The van der Waals surface area contributed by atoms with E-state index in [2.05, 4.69) is 35.0 Å². The van der Waals surface area contributed by atoms with E-state index in [1.807, 2.05) is 0 Å². The van der Waals surface area contributed by atoms with Crippen LogP contribution >= 0.6 is 15.9 Å². The molecule has 0 amide bonds. The van der Waals surface area contributed by atoms with Crippen LogP contribution in [0.3, 0.4) is 0 Å². The number of ether oxygens (including phenoxy) is 1. The van der Waals surface area contributed by atoms with E-state index in [1.54, 1.807) is 13.2 Å². The lowest BCUT2D eigenvalue weighted by atomic mass is 9.74. The Morgan fingerprint density at radius 3 is 2.65 bits per heavy atom. The van der Waals surface area contributed by atoms with Crippen LogP contribution < -0.4 is 10.4 Å². The van der Waals surface area contributed by atoms with Crippen molar-refractivity contribution in [3.8, 4) is 5.75 Å². The maximum Gasteiger partial charge on any atom is 0.350 e. The molecule has 0 atom stereocenters. The van der Waals surface area contributed by atoms with Gasteiger partial charge in [-0.1, -0.05) is 32.6 Å². The Kier molecular flexibility index (Phi) is 4.81. The molecule has 0 spiro atoms. The van der Waals surface area contributed by atoms with Gasteiger partial charge >= 0.3 is 5.63 Å². The molecule has 1 heterocycles. The lowest BCUT2D eigenvalue weighted by molar-refractivity contribution is 0.383. The summed E-state index contributed by atoms with van der Waals surface area (Å²) < 4.78 is 11.5. The van der Waals surface area contributed by atoms with Gasteiger partial charge in [-0.2, -0.15) is 0 Å². The van der Waals surface area contributed by atoms with Gasteiger partial charge in [-0.3, -0.25) is 0 Å². The molecule has 1 aromatic carbocycles. The fourth-order valence-electron chi connectivity index (χ4n) is 3.89. The molecule has 4 heteroatoms. The number of benzene rings is 1. The lowest BCUT2D eigenvalue weighted by Gasteiger charge is -2.30. The molecule has 2 aromatic rings. The molecular formula is C19H23BrO3. The third-order valence-electron chi connectivity index (χ3n) is 5.17. The summed E-state index contributed by atoms with van der Waals surface area (Å²) in [6.07, 6.45) is 8.59. The van der Waals surface area contributed by atoms with Gasteiger partial charge in [-0.15, -0.1) is 0 Å². The van der Waals surface area contributed by atoms with Gasteiger partial charge in [0.25, 0.3) is 0 Å². The molecule has 124 valence electrons. The molecule has 0 saturated heterocycles. The van der Waals surface area contributed by atoms with Crippen LogP contribution in [0.1, 0.15) is 57.4 Å². The normalized spacial score (nSPS) is 16.8. The van der Waals surface area contributed by atoms with Crippen LogP contribution in [-0.4, -0.2) is 7.11 Å². The molecule has 3 nitrogen and oxygen atoms in total. The third-order valence-corrected chi connectivity index (χ3v) is 5.73. The minimum Gasteiger partial charge on any atom is -0.496 e. The first-order chi connectivity index (χ1) is 11.1. The molecule has 0 bridgehead atoms. The lowest BCUT2D eigenvalue weighted by Crippen LogP contribution is -2.22. The van der Waals surface area contributed by atoms with Crippen LogP contribution in [0.25, 0.3) is 11.0 Å². The summed E-state index contributed by atoms with van der Waals surface area (Å²) in [6, 6.07) is 6.00. The van der Waals surface area contributed by atoms with Crippen LogP contribution in [-0.2, 0) is 5.41 Å². The van der Waals surface area contributed by atoms with Gasteiger partial charge in [0, 0.05) is 0 Å². The average molecular weight is 379 g/mol. The minimum atomic E-state index is -0.342. The Balaban J connectivity index is 2.17. The maximum absolute atomic E-state index is 11.9. The standard InChI is InChI=1S/C19H23BrO3/c1-3-4-7-19(8-5-6-9-19)13-10-16(22-2)14-12-15(20)18(21)23-17(14)11-13/h10-12H,3-9H2,1-2H3. The fraction of sp³-hybridized carbons (Fsp3) is 0.526. The molecule has 3 rings (SSSR count). The van der Waals surface area contributed by atoms with Gasteiger partial charge in [0.15, 0.2) is 0 Å². The van der Waals surface area contributed by atoms with E-state index in [4.69, 9.17) is 9.15 Å². The van der Waals surface area contributed by atoms with Crippen LogP contribution in [0.4, 0.5) is 0 Å². The van der Waals surface area contributed by atoms with Crippen molar-refractivity contribution in [3.05, 3.63) is 38.7 Å². The zero-order valence-electron chi connectivity index (χ0n) is 13.8. The Labute approximate surface area is 145 Å². The summed E-state index contributed by atoms with van der Waals surface area (Å²) in [5, 5.41) is 0.839. The second kappa shape index (κ2) is 6.68. The number of hydrogen-bond acceptors (Lipinski definition) is 3. The summed E-state index contributed by atoms with van der Waals surface area (Å²) in [5.74, 6) is 0.782. The smallest absolute Gasteiger partial charge is 0.350 e. The number of unbranched alkanes of at least 4 members (excludes halogenated alkanes) is 1. The summed E-state index contributed by atoms with van der Waals surface area (Å²) in [4.78, 5) is 11.9. The Hall–Kier alpha value is -1.29. The van der Waals surface area contributed by atoms with Crippen LogP contribution in [0, 0.1) is 0 Å². The second-order valence-corrected chi connectivity index (χ2v) is 7.42. The van der Waals surface area contributed by atoms with Gasteiger partial charge in [-0.05, 0) is 64.4 Å². The van der Waals surface area contributed by atoms with E-state index in [0.717, 1.165) is 11.1 Å². The van der Waals surface area contributed by atoms with Crippen LogP contribution in [0.15, 0.2) is 31.9 Å². The van der Waals surface area contributed by atoms with Crippen molar-refractivity contribution < 1.29 is 9.15 Å². The van der Waals surface area contributed by atoms with Gasteiger partial charge < -0.3 is 9.15 Å². The largest absolute Gasteiger partial charge is 0.496 e. The van der Waals surface area contributed by atoms with Crippen molar-refractivity contribution in [2.75, 3.05) is 7.11 Å². The molecule has 1 fully saturated rings. The minimum absolute atomic E-state index is 0.211. The average Bonchev–Trinajstić information content (AvgIpc) is 3.03. The van der Waals surface area contributed by atoms with E-state index in [0.29, 0.717) is 10.1 Å². The van der Waals surface area contributed by atoms with E-state index in [9.17, 15) is 4.79 Å². The molecule has 0 radical (unpaired) electrons. The summed E-state index contributed by atoms with van der Waals surface area (Å²) in [5.41, 5.74) is 1.75. The highest BCUT2D eigenvalue weighted by atomic mass is 79.9. The Morgan fingerprint density at radius 2 is 2.00 bits per heavy atom. The van der Waals surface area contributed by atoms with Gasteiger partial charge in [0.2, 0.25) is 0 Å². The first-order valence-electron chi connectivity index (χ1n) is 8.41. The second-order valence-electron chi connectivity index (χ2n) is 6.56. The quantitative estimate of drug-likeness (QED) is 0.638. The molecule has 0 aliphatic heterocycles. The predicted octanol–water partition coefficient (Wildman–Crippen LogP) is 5.57. The van der Waals surface area contributed by atoms with Crippen LogP contribution in [0.2, 0.25) is 0 Å². The number of halogens is 1. The van der Waals surface area contributed by atoms with Crippen LogP contribution in [0.5, 0.6) is 5.75 Å². The molecule has 0 N–H and O–H groups in total. The molecule has 1 saturated carbocycles. The molecule has 0 unspecified atom stereocenters. The number of hydrogen-bond donors (Lipinski definition) is 0. The molecule has 1 aliphatic rings. The molecule has 1 aromatic heterocycles. The summed E-state index contributed by atoms with van der Waals surface area (Å²) >= 11 is 3.25. The third kappa shape index (κ3) is 3.06. The van der Waals surface area contributed by atoms with Crippen molar-refractivity contribution in [2.24, 2.45) is 0 Å².